The Hall–Kier alpha value is -1.26. The molecule has 0 aliphatic heterocycles. The van der Waals surface area contributed by atoms with Crippen LogP contribution in [-0.2, 0) is 12.2 Å². The molecule has 112 valence electrons. The van der Waals surface area contributed by atoms with Crippen LogP contribution in [0.25, 0.3) is 0 Å². The number of halogens is 1. The number of rotatable bonds is 7. The lowest BCUT2D eigenvalue weighted by Crippen LogP contribution is -2.05. The van der Waals surface area contributed by atoms with Gasteiger partial charge in [-0.3, -0.25) is 0 Å². The SMILES string of the molecule is CCCNc1cc(SCc2ccc(Cl)cc2)nc(CC)n1. The zero-order valence-corrected chi connectivity index (χ0v) is 14.0. The monoisotopic (exact) mass is 321 g/mol. The maximum atomic E-state index is 5.90. The normalized spacial score (nSPS) is 10.6. The first-order valence-electron chi connectivity index (χ1n) is 7.20. The molecule has 0 bridgehead atoms. The van der Waals surface area contributed by atoms with Gasteiger partial charge in [-0.25, -0.2) is 9.97 Å². The molecular weight excluding hydrogens is 302 g/mol. The molecule has 0 radical (unpaired) electrons. The van der Waals surface area contributed by atoms with Gasteiger partial charge < -0.3 is 5.32 Å². The summed E-state index contributed by atoms with van der Waals surface area (Å²) in [6.45, 7) is 5.15. The number of hydrogen-bond acceptors (Lipinski definition) is 4. The molecule has 2 aromatic rings. The summed E-state index contributed by atoms with van der Waals surface area (Å²) in [5, 5.41) is 5.11. The molecule has 0 atom stereocenters. The molecular formula is C16H20ClN3S. The molecule has 21 heavy (non-hydrogen) atoms. The third-order valence-electron chi connectivity index (χ3n) is 2.92. The number of nitrogens with one attached hydrogen (secondary N) is 1. The van der Waals surface area contributed by atoms with E-state index in [-0.39, 0.29) is 0 Å². The van der Waals surface area contributed by atoms with Crippen molar-refractivity contribution in [3.8, 4) is 0 Å². The molecule has 0 fully saturated rings. The van der Waals surface area contributed by atoms with E-state index in [1.54, 1.807) is 11.8 Å². The van der Waals surface area contributed by atoms with Crippen LogP contribution in [0.15, 0.2) is 35.4 Å². The summed E-state index contributed by atoms with van der Waals surface area (Å²) in [4.78, 5) is 9.08. The highest BCUT2D eigenvalue weighted by Gasteiger charge is 2.04. The highest BCUT2D eigenvalue weighted by molar-refractivity contribution is 7.98. The third kappa shape index (κ3) is 5.21. The minimum atomic E-state index is 0.769. The van der Waals surface area contributed by atoms with Crippen molar-refractivity contribution < 1.29 is 0 Å². The predicted molar refractivity (Wildman–Crippen MR) is 91.2 cm³/mol. The van der Waals surface area contributed by atoms with Crippen molar-refractivity contribution in [3.63, 3.8) is 0 Å². The quantitative estimate of drug-likeness (QED) is 0.587. The van der Waals surface area contributed by atoms with Crippen LogP contribution in [0.3, 0.4) is 0 Å². The molecule has 1 heterocycles. The van der Waals surface area contributed by atoms with Crippen LogP contribution in [0.2, 0.25) is 5.02 Å². The van der Waals surface area contributed by atoms with Crippen molar-refractivity contribution in [2.75, 3.05) is 11.9 Å². The lowest BCUT2D eigenvalue weighted by atomic mass is 10.2. The van der Waals surface area contributed by atoms with Crippen molar-refractivity contribution in [1.82, 2.24) is 9.97 Å². The number of nitrogens with zero attached hydrogens (tertiary/aromatic N) is 2. The molecule has 0 spiro atoms. The highest BCUT2D eigenvalue weighted by Crippen LogP contribution is 2.24. The number of anilines is 1. The Morgan fingerprint density at radius 2 is 1.90 bits per heavy atom. The number of hydrogen-bond donors (Lipinski definition) is 1. The first kappa shape index (κ1) is 16.1. The van der Waals surface area contributed by atoms with E-state index in [1.165, 1.54) is 5.56 Å². The molecule has 0 aliphatic carbocycles. The Morgan fingerprint density at radius 3 is 2.57 bits per heavy atom. The average molecular weight is 322 g/mol. The van der Waals surface area contributed by atoms with Gasteiger partial charge in [0.1, 0.15) is 16.7 Å². The first-order valence-corrected chi connectivity index (χ1v) is 8.56. The molecule has 5 heteroatoms. The summed E-state index contributed by atoms with van der Waals surface area (Å²) in [6, 6.07) is 9.96. The van der Waals surface area contributed by atoms with Crippen LogP contribution in [0, 0.1) is 0 Å². The Bertz CT molecular complexity index is 572. The molecule has 0 amide bonds. The van der Waals surface area contributed by atoms with E-state index >= 15 is 0 Å². The van der Waals surface area contributed by atoms with Crippen LogP contribution in [0.4, 0.5) is 5.82 Å². The van der Waals surface area contributed by atoms with Gasteiger partial charge in [0.15, 0.2) is 0 Å². The molecule has 2 rings (SSSR count). The summed E-state index contributed by atoms with van der Waals surface area (Å²) < 4.78 is 0. The van der Waals surface area contributed by atoms with E-state index in [1.807, 2.05) is 30.3 Å². The van der Waals surface area contributed by atoms with Gasteiger partial charge in [0.05, 0.1) is 0 Å². The average Bonchev–Trinajstić information content (AvgIpc) is 2.52. The van der Waals surface area contributed by atoms with Crippen LogP contribution in [0.1, 0.15) is 31.7 Å². The minimum Gasteiger partial charge on any atom is -0.370 e. The van der Waals surface area contributed by atoms with E-state index in [9.17, 15) is 0 Å². The molecule has 1 N–H and O–H groups in total. The Morgan fingerprint density at radius 1 is 1.14 bits per heavy atom. The van der Waals surface area contributed by atoms with E-state index in [0.717, 1.165) is 46.8 Å². The van der Waals surface area contributed by atoms with Gasteiger partial charge in [0.2, 0.25) is 0 Å². The van der Waals surface area contributed by atoms with Gasteiger partial charge in [-0.05, 0) is 24.1 Å². The summed E-state index contributed by atoms with van der Waals surface area (Å²) in [7, 11) is 0. The Labute approximate surface area is 135 Å². The predicted octanol–water partition coefficient (Wildman–Crippen LogP) is 4.81. The number of aryl methyl sites for hydroxylation is 1. The lowest BCUT2D eigenvalue weighted by molar-refractivity contribution is 0.877. The third-order valence-corrected chi connectivity index (χ3v) is 4.16. The van der Waals surface area contributed by atoms with Crippen molar-refractivity contribution in [2.45, 2.75) is 37.5 Å². The number of aromatic nitrogens is 2. The van der Waals surface area contributed by atoms with Gasteiger partial charge in [-0.1, -0.05) is 37.6 Å². The fraction of sp³-hybridized carbons (Fsp3) is 0.375. The Balaban J connectivity index is 2.05. The van der Waals surface area contributed by atoms with E-state index in [0.29, 0.717) is 0 Å². The summed E-state index contributed by atoms with van der Waals surface area (Å²) in [6.07, 6.45) is 1.93. The van der Waals surface area contributed by atoms with Gasteiger partial charge in [-0.15, -0.1) is 11.8 Å². The fourth-order valence-electron chi connectivity index (χ4n) is 1.79. The van der Waals surface area contributed by atoms with Gasteiger partial charge in [-0.2, -0.15) is 0 Å². The van der Waals surface area contributed by atoms with E-state index in [4.69, 9.17) is 11.6 Å². The number of thioether (sulfide) groups is 1. The van der Waals surface area contributed by atoms with Crippen LogP contribution in [-0.4, -0.2) is 16.5 Å². The first-order chi connectivity index (χ1) is 10.2. The smallest absolute Gasteiger partial charge is 0.131 e. The fourth-order valence-corrected chi connectivity index (χ4v) is 2.78. The van der Waals surface area contributed by atoms with Gasteiger partial charge in [0, 0.05) is 29.8 Å². The topological polar surface area (TPSA) is 37.8 Å². The van der Waals surface area contributed by atoms with Gasteiger partial charge >= 0.3 is 0 Å². The largest absolute Gasteiger partial charge is 0.370 e. The van der Waals surface area contributed by atoms with E-state index in [2.05, 4.69) is 29.1 Å². The zero-order valence-electron chi connectivity index (χ0n) is 12.4. The summed E-state index contributed by atoms with van der Waals surface area (Å²) in [5.74, 6) is 2.68. The maximum absolute atomic E-state index is 5.90. The molecule has 1 aromatic carbocycles. The van der Waals surface area contributed by atoms with Crippen LogP contribution < -0.4 is 5.32 Å². The molecule has 0 aliphatic rings. The zero-order chi connectivity index (χ0) is 15.1. The van der Waals surface area contributed by atoms with Crippen molar-refractivity contribution in [3.05, 3.63) is 46.7 Å². The van der Waals surface area contributed by atoms with Crippen molar-refractivity contribution >= 4 is 29.2 Å². The molecule has 0 saturated heterocycles. The second-order valence-corrected chi connectivity index (χ2v) is 6.14. The van der Waals surface area contributed by atoms with Crippen LogP contribution in [0.5, 0.6) is 0 Å². The minimum absolute atomic E-state index is 0.769. The molecule has 1 aromatic heterocycles. The standard InChI is InChI=1S/C16H20ClN3S/c1-3-9-18-15-10-16(20-14(4-2)19-15)21-11-12-5-7-13(17)8-6-12/h5-8,10H,3-4,9,11H2,1-2H3,(H,18,19,20). The van der Waals surface area contributed by atoms with E-state index < -0.39 is 0 Å². The highest BCUT2D eigenvalue weighted by atomic mass is 35.5. The molecule has 0 saturated carbocycles. The summed E-state index contributed by atoms with van der Waals surface area (Å²) >= 11 is 7.62. The van der Waals surface area contributed by atoms with Crippen molar-refractivity contribution in [2.24, 2.45) is 0 Å². The second kappa shape index (κ2) is 8.25. The second-order valence-electron chi connectivity index (χ2n) is 4.70. The van der Waals surface area contributed by atoms with Gasteiger partial charge in [0.25, 0.3) is 0 Å². The molecule has 0 unspecified atom stereocenters. The summed E-state index contributed by atoms with van der Waals surface area (Å²) in [5.41, 5.74) is 1.24. The van der Waals surface area contributed by atoms with Crippen LogP contribution >= 0.6 is 23.4 Å². The maximum Gasteiger partial charge on any atom is 0.131 e. The van der Waals surface area contributed by atoms with Crippen molar-refractivity contribution in [1.29, 1.82) is 0 Å². The molecule has 3 nitrogen and oxygen atoms in total. The lowest BCUT2D eigenvalue weighted by Gasteiger charge is -2.08. The Kier molecular flexibility index (Phi) is 6.33. The number of benzene rings is 1.